The smallest absolute Gasteiger partial charge is 0.308 e. The first-order valence-corrected chi connectivity index (χ1v) is 12.4. The summed E-state index contributed by atoms with van der Waals surface area (Å²) in [6.07, 6.45) is 4.52. The fourth-order valence-corrected chi connectivity index (χ4v) is 5.34. The van der Waals surface area contributed by atoms with Crippen LogP contribution in [0.25, 0.3) is 22.8 Å². The minimum atomic E-state index is -0.567. The molecule has 180 valence electrons. The van der Waals surface area contributed by atoms with Crippen LogP contribution in [0, 0.1) is 6.92 Å². The monoisotopic (exact) mass is 497 g/mol. The van der Waals surface area contributed by atoms with Gasteiger partial charge in [0.05, 0.1) is 6.54 Å². The molecule has 0 atom stereocenters. The number of imidazole rings is 1. The van der Waals surface area contributed by atoms with Gasteiger partial charge < -0.3 is 4.57 Å². The number of nitrogens with zero attached hydrogens (tertiary/aromatic N) is 4. The van der Waals surface area contributed by atoms with Crippen molar-refractivity contribution in [1.82, 2.24) is 24.7 Å². The molecule has 0 amide bonds. The van der Waals surface area contributed by atoms with Gasteiger partial charge >= 0.3 is 5.76 Å². The van der Waals surface area contributed by atoms with Crippen LogP contribution >= 0.6 is 11.6 Å². The molecule has 7 nitrogen and oxygen atoms in total. The number of rotatable bonds is 4. The quantitative estimate of drug-likeness (QED) is 0.337. The Bertz CT molecular complexity index is 1710. The molecule has 0 saturated heterocycles. The maximum Gasteiger partial charge on any atom is 0.439 e. The summed E-state index contributed by atoms with van der Waals surface area (Å²) in [6.45, 7) is 4.78. The summed E-state index contributed by atoms with van der Waals surface area (Å²) >= 11 is 6.30. The van der Waals surface area contributed by atoms with E-state index in [9.17, 15) is 4.79 Å². The topological polar surface area (TPSA) is 89.6 Å². The van der Waals surface area contributed by atoms with Crippen LogP contribution in [0.3, 0.4) is 0 Å². The van der Waals surface area contributed by atoms with Crippen molar-refractivity contribution in [3.05, 3.63) is 109 Å². The molecule has 0 saturated carbocycles. The number of aromatic nitrogens is 5. The van der Waals surface area contributed by atoms with Gasteiger partial charge in [0.15, 0.2) is 11.5 Å². The Hall–Kier alpha value is -3.97. The molecule has 8 heteroatoms. The van der Waals surface area contributed by atoms with Gasteiger partial charge in [-0.1, -0.05) is 66.1 Å². The number of aromatic amines is 1. The van der Waals surface area contributed by atoms with Crippen molar-refractivity contribution in [1.29, 1.82) is 0 Å². The minimum Gasteiger partial charge on any atom is -0.308 e. The number of pyridine rings is 1. The van der Waals surface area contributed by atoms with E-state index in [1.54, 1.807) is 0 Å². The Morgan fingerprint density at radius 3 is 2.69 bits per heavy atom. The molecule has 36 heavy (non-hydrogen) atoms. The highest BCUT2D eigenvalue weighted by molar-refractivity contribution is 6.29. The van der Waals surface area contributed by atoms with Gasteiger partial charge in [-0.25, -0.2) is 14.8 Å². The number of benzene rings is 2. The lowest BCUT2D eigenvalue weighted by Gasteiger charge is -2.14. The molecule has 3 heterocycles. The highest BCUT2D eigenvalue weighted by atomic mass is 35.5. The van der Waals surface area contributed by atoms with Gasteiger partial charge in [0, 0.05) is 6.42 Å². The molecule has 0 aliphatic heterocycles. The van der Waals surface area contributed by atoms with Crippen LogP contribution in [-0.2, 0) is 25.8 Å². The molecule has 0 bridgehead atoms. The summed E-state index contributed by atoms with van der Waals surface area (Å²) in [5.74, 6) is 0.820. The Morgan fingerprint density at radius 2 is 1.89 bits per heavy atom. The van der Waals surface area contributed by atoms with E-state index in [0.29, 0.717) is 17.5 Å². The van der Waals surface area contributed by atoms with Crippen molar-refractivity contribution in [2.24, 2.45) is 0 Å². The van der Waals surface area contributed by atoms with Gasteiger partial charge in [-0.2, -0.15) is 0 Å². The SMILES string of the molecule is CCc1nc2c(C)cc(Cl)nc2n1Cc1ccc2c(c1)CCc1ccccc1C2=Cc1noc(=O)[nH]1. The van der Waals surface area contributed by atoms with E-state index in [-0.39, 0.29) is 0 Å². The van der Waals surface area contributed by atoms with E-state index in [4.69, 9.17) is 21.1 Å². The molecular formula is C28H24ClN5O2. The maximum absolute atomic E-state index is 11.5. The van der Waals surface area contributed by atoms with E-state index in [0.717, 1.165) is 58.5 Å². The Kier molecular flexibility index (Phi) is 5.57. The summed E-state index contributed by atoms with van der Waals surface area (Å²) < 4.78 is 6.90. The first-order valence-electron chi connectivity index (χ1n) is 12.0. The first kappa shape index (κ1) is 22.5. The van der Waals surface area contributed by atoms with Crippen molar-refractivity contribution in [3.8, 4) is 0 Å². The fourth-order valence-electron chi connectivity index (χ4n) is 5.09. The number of nitrogens with one attached hydrogen (secondary N) is 1. The van der Waals surface area contributed by atoms with Crippen molar-refractivity contribution in [2.75, 3.05) is 0 Å². The fraction of sp³-hybridized carbons (Fsp3) is 0.214. The van der Waals surface area contributed by atoms with Crippen molar-refractivity contribution >= 4 is 34.4 Å². The largest absolute Gasteiger partial charge is 0.439 e. The molecule has 1 N–H and O–H groups in total. The maximum atomic E-state index is 11.5. The highest BCUT2D eigenvalue weighted by Gasteiger charge is 2.20. The Labute approximate surface area is 212 Å². The molecule has 6 rings (SSSR count). The molecule has 0 radical (unpaired) electrons. The normalized spacial score (nSPS) is 14.1. The van der Waals surface area contributed by atoms with Gasteiger partial charge in [-0.05, 0) is 70.9 Å². The van der Waals surface area contributed by atoms with Gasteiger partial charge in [-0.3, -0.25) is 9.51 Å². The summed E-state index contributed by atoms with van der Waals surface area (Å²) in [6, 6.07) is 16.8. The Morgan fingerprint density at radius 1 is 1.08 bits per heavy atom. The number of aryl methyl sites for hydroxylation is 4. The van der Waals surface area contributed by atoms with Crippen LogP contribution < -0.4 is 5.76 Å². The molecule has 0 unspecified atom stereocenters. The van der Waals surface area contributed by atoms with Crippen LogP contribution in [-0.4, -0.2) is 24.7 Å². The third-order valence-electron chi connectivity index (χ3n) is 6.77. The van der Waals surface area contributed by atoms with E-state index >= 15 is 0 Å². The van der Waals surface area contributed by atoms with E-state index in [2.05, 4.69) is 63.0 Å². The van der Waals surface area contributed by atoms with Gasteiger partial charge in [0.2, 0.25) is 0 Å². The van der Waals surface area contributed by atoms with Crippen molar-refractivity contribution in [2.45, 2.75) is 39.7 Å². The lowest BCUT2D eigenvalue weighted by atomic mass is 9.92. The molecule has 1 aliphatic rings. The first-order chi connectivity index (χ1) is 17.5. The third-order valence-corrected chi connectivity index (χ3v) is 6.96. The zero-order valence-electron chi connectivity index (χ0n) is 20.0. The zero-order valence-corrected chi connectivity index (χ0v) is 20.8. The molecule has 1 aliphatic carbocycles. The zero-order chi connectivity index (χ0) is 24.8. The lowest BCUT2D eigenvalue weighted by molar-refractivity contribution is 0.385. The second kappa shape index (κ2) is 8.91. The van der Waals surface area contributed by atoms with Crippen LogP contribution in [0.2, 0.25) is 5.15 Å². The average molecular weight is 498 g/mol. The number of hydrogen-bond acceptors (Lipinski definition) is 5. The average Bonchev–Trinajstić information content (AvgIpc) is 3.40. The van der Waals surface area contributed by atoms with Gasteiger partial charge in [0.25, 0.3) is 0 Å². The second-order valence-electron chi connectivity index (χ2n) is 9.09. The van der Waals surface area contributed by atoms with E-state index in [1.165, 1.54) is 16.7 Å². The van der Waals surface area contributed by atoms with Gasteiger partial charge in [0.1, 0.15) is 16.5 Å². The van der Waals surface area contributed by atoms with E-state index in [1.807, 2.05) is 25.1 Å². The highest BCUT2D eigenvalue weighted by Crippen LogP contribution is 2.35. The number of hydrogen-bond donors (Lipinski definition) is 1. The summed E-state index contributed by atoms with van der Waals surface area (Å²) in [7, 11) is 0. The number of H-pyrrole nitrogens is 1. The van der Waals surface area contributed by atoms with Crippen LogP contribution in [0.1, 0.15) is 52.0 Å². The number of fused-ring (bicyclic) bond motifs is 3. The predicted molar refractivity (Wildman–Crippen MR) is 140 cm³/mol. The molecule has 0 fully saturated rings. The standard InChI is InChI=1S/C28H24ClN5O2/c1-3-25-32-26-16(2)12-23(29)30-27(26)34(25)15-17-8-11-21-19(13-17)10-9-18-6-4-5-7-20(18)22(21)14-24-31-28(35)36-33-24/h4-8,11-14H,3,9-10,15H2,1-2H3,(H,31,33,35). The van der Waals surface area contributed by atoms with Crippen molar-refractivity contribution < 1.29 is 4.52 Å². The lowest BCUT2D eigenvalue weighted by Crippen LogP contribution is -2.06. The van der Waals surface area contributed by atoms with Crippen LogP contribution in [0.5, 0.6) is 0 Å². The van der Waals surface area contributed by atoms with Crippen molar-refractivity contribution in [3.63, 3.8) is 0 Å². The van der Waals surface area contributed by atoms with Gasteiger partial charge in [-0.15, -0.1) is 0 Å². The predicted octanol–water partition coefficient (Wildman–Crippen LogP) is 5.37. The van der Waals surface area contributed by atoms with Crippen LogP contribution in [0.4, 0.5) is 0 Å². The molecule has 0 spiro atoms. The number of halogens is 1. The summed E-state index contributed by atoms with van der Waals surface area (Å²) in [5.41, 5.74) is 9.68. The molecule has 5 aromatic rings. The third kappa shape index (κ3) is 3.95. The minimum absolute atomic E-state index is 0.400. The second-order valence-corrected chi connectivity index (χ2v) is 9.48. The van der Waals surface area contributed by atoms with E-state index < -0.39 is 5.76 Å². The summed E-state index contributed by atoms with van der Waals surface area (Å²) in [5, 5.41) is 4.34. The molecule has 2 aromatic carbocycles. The van der Waals surface area contributed by atoms with Crippen LogP contribution in [0.15, 0.2) is 57.8 Å². The molecular weight excluding hydrogens is 474 g/mol. The summed E-state index contributed by atoms with van der Waals surface area (Å²) in [4.78, 5) is 23.6. The Balaban J connectivity index is 1.46. The molecule has 3 aromatic heterocycles.